The summed E-state index contributed by atoms with van der Waals surface area (Å²) in [5, 5.41) is 10.3. The summed E-state index contributed by atoms with van der Waals surface area (Å²) in [7, 11) is 0. The molecule has 0 amide bonds. The van der Waals surface area contributed by atoms with E-state index in [0.717, 1.165) is 11.1 Å². The van der Waals surface area contributed by atoms with Crippen LogP contribution in [0.2, 0.25) is 5.02 Å². The Morgan fingerprint density at radius 1 is 1.50 bits per heavy atom. The number of aliphatic hydroxyl groups is 1. The molecule has 0 heterocycles. The van der Waals surface area contributed by atoms with Gasteiger partial charge in [-0.25, -0.2) is 0 Å². The Morgan fingerprint density at radius 2 is 2.14 bits per heavy atom. The zero-order valence-electron chi connectivity index (χ0n) is 8.50. The van der Waals surface area contributed by atoms with Crippen molar-refractivity contribution in [2.24, 2.45) is 5.73 Å². The molecular weight excluding hydrogens is 198 g/mol. The third kappa shape index (κ3) is 2.47. The number of hydrogen-bond acceptors (Lipinski definition) is 2. The average molecular weight is 214 g/mol. The highest BCUT2D eigenvalue weighted by molar-refractivity contribution is 6.31. The summed E-state index contributed by atoms with van der Waals surface area (Å²) in [5.41, 5.74) is 7.77. The van der Waals surface area contributed by atoms with Gasteiger partial charge < -0.3 is 10.8 Å². The molecule has 3 N–H and O–H groups in total. The van der Waals surface area contributed by atoms with Crippen molar-refractivity contribution in [2.45, 2.75) is 32.4 Å². The highest BCUT2D eigenvalue weighted by Crippen LogP contribution is 2.22. The number of benzene rings is 1. The van der Waals surface area contributed by atoms with Crippen molar-refractivity contribution in [1.82, 2.24) is 0 Å². The van der Waals surface area contributed by atoms with Gasteiger partial charge >= 0.3 is 0 Å². The molecule has 0 aromatic heterocycles. The smallest absolute Gasteiger partial charge is 0.0730 e. The SMILES string of the molecule is CC[C@H](O)[C@H](N)c1ccc(C)c(Cl)c1. The van der Waals surface area contributed by atoms with E-state index in [0.29, 0.717) is 11.4 Å². The van der Waals surface area contributed by atoms with E-state index in [1.54, 1.807) is 0 Å². The van der Waals surface area contributed by atoms with Crippen LogP contribution in [0, 0.1) is 6.92 Å². The van der Waals surface area contributed by atoms with Crippen LogP contribution in [0.4, 0.5) is 0 Å². The van der Waals surface area contributed by atoms with Crippen molar-refractivity contribution in [3.05, 3.63) is 34.3 Å². The third-order valence-corrected chi connectivity index (χ3v) is 2.82. The molecule has 1 aromatic carbocycles. The van der Waals surface area contributed by atoms with Crippen molar-refractivity contribution >= 4 is 11.6 Å². The second-order valence-electron chi connectivity index (χ2n) is 3.51. The average Bonchev–Trinajstić information content (AvgIpc) is 2.20. The molecule has 14 heavy (non-hydrogen) atoms. The topological polar surface area (TPSA) is 46.2 Å². The lowest BCUT2D eigenvalue weighted by atomic mass is 10.00. The van der Waals surface area contributed by atoms with E-state index < -0.39 is 6.10 Å². The second-order valence-corrected chi connectivity index (χ2v) is 3.92. The van der Waals surface area contributed by atoms with Crippen LogP contribution in [0.1, 0.15) is 30.5 Å². The first-order chi connectivity index (χ1) is 6.56. The summed E-state index contributed by atoms with van der Waals surface area (Å²) in [5.74, 6) is 0. The van der Waals surface area contributed by atoms with E-state index in [9.17, 15) is 5.11 Å². The molecule has 1 rings (SSSR count). The highest BCUT2D eigenvalue weighted by Gasteiger charge is 2.15. The number of aliphatic hydroxyl groups excluding tert-OH is 1. The molecule has 0 spiro atoms. The molecule has 0 aliphatic carbocycles. The van der Waals surface area contributed by atoms with Crippen LogP contribution in [0.3, 0.4) is 0 Å². The van der Waals surface area contributed by atoms with E-state index >= 15 is 0 Å². The Labute approximate surface area is 89.7 Å². The van der Waals surface area contributed by atoms with Crippen LogP contribution in [-0.2, 0) is 0 Å². The fourth-order valence-corrected chi connectivity index (χ4v) is 1.48. The molecule has 0 unspecified atom stereocenters. The van der Waals surface area contributed by atoms with E-state index in [2.05, 4.69) is 0 Å². The van der Waals surface area contributed by atoms with Crippen LogP contribution in [0.25, 0.3) is 0 Å². The Hall–Kier alpha value is -0.570. The quantitative estimate of drug-likeness (QED) is 0.810. The fraction of sp³-hybridized carbons (Fsp3) is 0.455. The molecule has 78 valence electrons. The Morgan fingerprint density at radius 3 is 2.64 bits per heavy atom. The summed E-state index contributed by atoms with van der Waals surface area (Å²) < 4.78 is 0. The van der Waals surface area contributed by atoms with Crippen LogP contribution in [0.15, 0.2) is 18.2 Å². The van der Waals surface area contributed by atoms with Gasteiger partial charge in [0.05, 0.1) is 12.1 Å². The van der Waals surface area contributed by atoms with Gasteiger partial charge in [0.2, 0.25) is 0 Å². The molecule has 3 heteroatoms. The number of aryl methyl sites for hydroxylation is 1. The highest BCUT2D eigenvalue weighted by atomic mass is 35.5. The molecule has 0 bridgehead atoms. The van der Waals surface area contributed by atoms with Crippen molar-refractivity contribution in [2.75, 3.05) is 0 Å². The predicted octanol–water partition coefficient (Wildman–Crippen LogP) is 2.42. The monoisotopic (exact) mass is 213 g/mol. The minimum Gasteiger partial charge on any atom is -0.391 e. The summed E-state index contributed by atoms with van der Waals surface area (Å²) in [6.45, 7) is 3.84. The molecular formula is C11H16ClNO. The van der Waals surface area contributed by atoms with Crippen molar-refractivity contribution < 1.29 is 5.11 Å². The first-order valence-corrected chi connectivity index (χ1v) is 5.13. The van der Waals surface area contributed by atoms with Crippen LogP contribution in [0.5, 0.6) is 0 Å². The van der Waals surface area contributed by atoms with E-state index in [1.165, 1.54) is 0 Å². The van der Waals surface area contributed by atoms with Crippen LogP contribution < -0.4 is 5.73 Å². The summed E-state index contributed by atoms with van der Waals surface area (Å²) in [4.78, 5) is 0. The van der Waals surface area contributed by atoms with Crippen molar-refractivity contribution in [3.8, 4) is 0 Å². The van der Waals surface area contributed by atoms with Crippen molar-refractivity contribution in [1.29, 1.82) is 0 Å². The van der Waals surface area contributed by atoms with Gasteiger partial charge in [-0.15, -0.1) is 0 Å². The van der Waals surface area contributed by atoms with E-state index in [1.807, 2.05) is 32.0 Å². The molecule has 0 radical (unpaired) electrons. The standard InChI is InChI=1S/C11H16ClNO/c1-3-10(14)11(13)8-5-4-7(2)9(12)6-8/h4-6,10-11,14H,3,13H2,1-2H3/t10-,11+/m0/s1. The molecule has 0 aliphatic rings. The van der Waals surface area contributed by atoms with Crippen LogP contribution in [-0.4, -0.2) is 11.2 Å². The maximum absolute atomic E-state index is 9.57. The lowest BCUT2D eigenvalue weighted by Gasteiger charge is -2.18. The molecule has 0 saturated heterocycles. The molecule has 1 aromatic rings. The number of rotatable bonds is 3. The third-order valence-electron chi connectivity index (χ3n) is 2.41. The summed E-state index contributed by atoms with van der Waals surface area (Å²) in [6, 6.07) is 5.29. The first kappa shape index (κ1) is 11.5. The van der Waals surface area contributed by atoms with E-state index in [-0.39, 0.29) is 6.04 Å². The molecule has 2 nitrogen and oxygen atoms in total. The molecule has 0 fully saturated rings. The van der Waals surface area contributed by atoms with Gasteiger partial charge in [0.15, 0.2) is 0 Å². The van der Waals surface area contributed by atoms with E-state index in [4.69, 9.17) is 17.3 Å². The van der Waals surface area contributed by atoms with Crippen molar-refractivity contribution in [3.63, 3.8) is 0 Å². The number of nitrogens with two attached hydrogens (primary N) is 1. The Bertz CT molecular complexity index is 314. The maximum atomic E-state index is 9.57. The first-order valence-electron chi connectivity index (χ1n) is 4.76. The maximum Gasteiger partial charge on any atom is 0.0730 e. The number of halogens is 1. The number of hydrogen-bond donors (Lipinski definition) is 2. The van der Waals surface area contributed by atoms with Gasteiger partial charge in [0.25, 0.3) is 0 Å². The zero-order valence-corrected chi connectivity index (χ0v) is 9.25. The van der Waals surface area contributed by atoms with Gasteiger partial charge in [0, 0.05) is 5.02 Å². The molecule has 0 saturated carbocycles. The zero-order chi connectivity index (χ0) is 10.7. The lowest BCUT2D eigenvalue weighted by molar-refractivity contribution is 0.140. The van der Waals surface area contributed by atoms with Gasteiger partial charge in [-0.1, -0.05) is 30.7 Å². The minimum atomic E-state index is -0.506. The largest absolute Gasteiger partial charge is 0.391 e. The van der Waals surface area contributed by atoms with Gasteiger partial charge in [0.1, 0.15) is 0 Å². The molecule has 2 atom stereocenters. The van der Waals surface area contributed by atoms with Crippen LogP contribution >= 0.6 is 11.6 Å². The second kappa shape index (κ2) is 4.78. The summed E-state index contributed by atoms with van der Waals surface area (Å²) >= 11 is 5.97. The lowest BCUT2D eigenvalue weighted by Crippen LogP contribution is -2.25. The normalized spacial score (nSPS) is 15.2. The minimum absolute atomic E-state index is 0.349. The Kier molecular flexibility index (Phi) is 3.93. The predicted molar refractivity (Wildman–Crippen MR) is 59.4 cm³/mol. The van der Waals surface area contributed by atoms with Gasteiger partial charge in [-0.3, -0.25) is 0 Å². The summed E-state index contributed by atoms with van der Waals surface area (Å²) in [6.07, 6.45) is 0.140. The molecule has 0 aliphatic heterocycles. The fourth-order valence-electron chi connectivity index (χ4n) is 1.29. The Balaban J connectivity index is 2.91. The van der Waals surface area contributed by atoms with Gasteiger partial charge in [-0.2, -0.15) is 0 Å². The van der Waals surface area contributed by atoms with Gasteiger partial charge in [-0.05, 0) is 30.5 Å².